The number of carbonyl (C=O) groups excluding carboxylic acids is 1. The van der Waals surface area contributed by atoms with E-state index in [1.807, 2.05) is 20.8 Å². The molecule has 1 rings (SSSR count). The van der Waals surface area contributed by atoms with Crippen LogP contribution in [0.15, 0.2) is 4.99 Å². The molecule has 1 heterocycles. The lowest BCUT2D eigenvalue weighted by molar-refractivity contribution is 0.0298. The van der Waals surface area contributed by atoms with E-state index in [1.54, 1.807) is 11.9 Å². The van der Waals surface area contributed by atoms with Crippen molar-refractivity contribution in [3.8, 4) is 0 Å². The number of nitrogens with one attached hydrogen (secondary N) is 2. The van der Waals surface area contributed by atoms with Crippen LogP contribution in [0.5, 0.6) is 0 Å². The monoisotopic (exact) mass is 270 g/mol. The highest BCUT2D eigenvalue weighted by Crippen LogP contribution is 2.08. The third kappa shape index (κ3) is 6.88. The highest BCUT2D eigenvalue weighted by molar-refractivity contribution is 5.80. The van der Waals surface area contributed by atoms with Crippen LogP contribution in [0.1, 0.15) is 33.6 Å². The molecule has 2 N–H and O–H groups in total. The Morgan fingerprint density at radius 1 is 1.53 bits per heavy atom. The summed E-state index contributed by atoms with van der Waals surface area (Å²) < 4.78 is 5.28. The molecule has 0 radical (unpaired) electrons. The molecule has 0 aliphatic carbocycles. The molecule has 0 aromatic carbocycles. The summed E-state index contributed by atoms with van der Waals surface area (Å²) in [5.41, 5.74) is -0.440. The van der Waals surface area contributed by atoms with Crippen LogP contribution in [0.25, 0.3) is 0 Å². The van der Waals surface area contributed by atoms with E-state index in [-0.39, 0.29) is 6.09 Å². The number of amides is 1. The average Bonchev–Trinajstić information content (AvgIpc) is 2.33. The van der Waals surface area contributed by atoms with Gasteiger partial charge < -0.3 is 20.3 Å². The minimum atomic E-state index is -0.440. The van der Waals surface area contributed by atoms with Crippen molar-refractivity contribution in [2.75, 3.05) is 33.2 Å². The molecule has 1 amide bonds. The van der Waals surface area contributed by atoms with Gasteiger partial charge in [0.15, 0.2) is 5.96 Å². The van der Waals surface area contributed by atoms with Crippen molar-refractivity contribution in [3.05, 3.63) is 0 Å². The van der Waals surface area contributed by atoms with E-state index >= 15 is 0 Å². The molecule has 0 atom stereocenters. The van der Waals surface area contributed by atoms with E-state index in [1.165, 1.54) is 0 Å². The standard InChI is InChI=1S/C13H26N4O2/c1-13(2,3)19-12(18)17(4)10-6-9-16-11-14-7-5-8-15-11/h5-10H2,1-4H3,(H2,14,15,16). The largest absolute Gasteiger partial charge is 0.444 e. The molecular formula is C13H26N4O2. The second-order valence-electron chi connectivity index (χ2n) is 5.69. The van der Waals surface area contributed by atoms with E-state index in [4.69, 9.17) is 4.74 Å². The summed E-state index contributed by atoms with van der Waals surface area (Å²) in [7, 11) is 1.75. The van der Waals surface area contributed by atoms with E-state index in [9.17, 15) is 4.79 Å². The van der Waals surface area contributed by atoms with E-state index in [2.05, 4.69) is 15.6 Å². The minimum Gasteiger partial charge on any atom is -0.444 e. The lowest BCUT2D eigenvalue weighted by Crippen LogP contribution is -2.42. The first-order valence-electron chi connectivity index (χ1n) is 6.85. The fraction of sp³-hybridized carbons (Fsp3) is 0.846. The molecule has 0 aromatic rings. The van der Waals surface area contributed by atoms with Crippen molar-refractivity contribution < 1.29 is 9.53 Å². The summed E-state index contributed by atoms with van der Waals surface area (Å²) in [4.78, 5) is 17.6. The molecule has 0 saturated heterocycles. The number of hydrogen-bond acceptors (Lipinski definition) is 5. The maximum Gasteiger partial charge on any atom is 0.410 e. The molecule has 0 fully saturated rings. The molecule has 0 bridgehead atoms. The van der Waals surface area contributed by atoms with Crippen LogP contribution in [0, 0.1) is 0 Å². The van der Waals surface area contributed by atoms with Crippen LogP contribution in [-0.2, 0) is 4.74 Å². The van der Waals surface area contributed by atoms with Crippen LogP contribution in [-0.4, -0.2) is 55.8 Å². The number of nitrogens with zero attached hydrogens (tertiary/aromatic N) is 2. The second-order valence-corrected chi connectivity index (χ2v) is 5.69. The third-order valence-corrected chi connectivity index (χ3v) is 2.57. The second kappa shape index (κ2) is 7.21. The van der Waals surface area contributed by atoms with Gasteiger partial charge in [0.2, 0.25) is 0 Å². The Labute approximate surface area is 115 Å². The molecule has 110 valence electrons. The van der Waals surface area contributed by atoms with Gasteiger partial charge >= 0.3 is 6.09 Å². The van der Waals surface area contributed by atoms with Crippen molar-refractivity contribution >= 4 is 12.1 Å². The Hall–Kier alpha value is -1.46. The van der Waals surface area contributed by atoms with Crippen molar-refractivity contribution in [3.63, 3.8) is 0 Å². The normalized spacial score (nSPS) is 15.3. The molecule has 0 spiro atoms. The third-order valence-electron chi connectivity index (χ3n) is 2.57. The minimum absolute atomic E-state index is 0.277. The van der Waals surface area contributed by atoms with E-state index in [0.717, 1.165) is 38.4 Å². The topological polar surface area (TPSA) is 66.0 Å². The molecule has 1 aliphatic rings. The molecule has 0 saturated carbocycles. The van der Waals surface area contributed by atoms with Gasteiger partial charge in [0.05, 0.1) is 0 Å². The number of hydrogen-bond donors (Lipinski definition) is 2. The molecule has 19 heavy (non-hydrogen) atoms. The summed E-state index contributed by atoms with van der Waals surface area (Å²) in [5, 5.41) is 6.42. The number of carbonyl (C=O) groups is 1. The first kappa shape index (κ1) is 15.6. The molecule has 0 unspecified atom stereocenters. The van der Waals surface area contributed by atoms with Crippen molar-refractivity contribution in [2.45, 2.75) is 39.2 Å². The van der Waals surface area contributed by atoms with Gasteiger partial charge in [-0.2, -0.15) is 0 Å². The highest BCUT2D eigenvalue weighted by atomic mass is 16.6. The summed E-state index contributed by atoms with van der Waals surface area (Å²) in [6.07, 6.45) is 1.67. The number of aliphatic imine (C=N–C) groups is 1. The zero-order valence-electron chi connectivity index (χ0n) is 12.5. The predicted molar refractivity (Wildman–Crippen MR) is 76.4 cm³/mol. The van der Waals surface area contributed by atoms with Gasteiger partial charge in [-0.15, -0.1) is 0 Å². The Balaban J connectivity index is 2.14. The molecule has 6 heteroatoms. The van der Waals surface area contributed by atoms with Crippen LogP contribution in [0.2, 0.25) is 0 Å². The zero-order valence-corrected chi connectivity index (χ0v) is 12.5. The first-order valence-corrected chi connectivity index (χ1v) is 6.85. The first-order chi connectivity index (χ1) is 8.88. The summed E-state index contributed by atoms with van der Waals surface area (Å²) in [5.74, 6) is 0.867. The molecule has 1 aliphatic heterocycles. The van der Waals surface area contributed by atoms with Crippen LogP contribution < -0.4 is 10.6 Å². The Morgan fingerprint density at radius 2 is 2.26 bits per heavy atom. The van der Waals surface area contributed by atoms with Crippen LogP contribution in [0.3, 0.4) is 0 Å². The lowest BCUT2D eigenvalue weighted by Gasteiger charge is -2.24. The summed E-state index contributed by atoms with van der Waals surface area (Å²) >= 11 is 0. The molecule has 0 aromatic heterocycles. The van der Waals surface area contributed by atoms with E-state index in [0.29, 0.717) is 6.54 Å². The Morgan fingerprint density at radius 3 is 2.84 bits per heavy atom. The van der Waals surface area contributed by atoms with Gasteiger partial charge in [-0.25, -0.2) is 4.79 Å². The number of ether oxygens (including phenoxy) is 1. The van der Waals surface area contributed by atoms with Crippen LogP contribution in [0.4, 0.5) is 4.79 Å². The van der Waals surface area contributed by atoms with E-state index < -0.39 is 5.60 Å². The Bertz CT molecular complexity index is 323. The molecule has 6 nitrogen and oxygen atoms in total. The van der Waals surface area contributed by atoms with Crippen molar-refractivity contribution in [1.29, 1.82) is 0 Å². The summed E-state index contributed by atoms with van der Waals surface area (Å²) in [6.45, 7) is 8.92. The van der Waals surface area contributed by atoms with Gasteiger partial charge in [0.1, 0.15) is 5.60 Å². The van der Waals surface area contributed by atoms with Gasteiger partial charge in [0, 0.05) is 33.2 Å². The van der Waals surface area contributed by atoms with Gasteiger partial charge in [-0.3, -0.25) is 4.99 Å². The van der Waals surface area contributed by atoms with Gasteiger partial charge in [-0.1, -0.05) is 0 Å². The lowest BCUT2D eigenvalue weighted by atomic mass is 10.2. The number of guanidine groups is 1. The SMILES string of the molecule is CN(CCCNC1=NCCCN1)C(=O)OC(C)(C)C. The quantitative estimate of drug-likeness (QED) is 0.753. The fourth-order valence-corrected chi connectivity index (χ4v) is 1.61. The predicted octanol–water partition coefficient (Wildman–Crippen LogP) is 1.18. The smallest absolute Gasteiger partial charge is 0.410 e. The van der Waals surface area contributed by atoms with Gasteiger partial charge in [-0.05, 0) is 33.6 Å². The maximum atomic E-state index is 11.7. The maximum absolute atomic E-state index is 11.7. The Kier molecular flexibility index (Phi) is 5.92. The van der Waals surface area contributed by atoms with Crippen LogP contribution >= 0.6 is 0 Å². The van der Waals surface area contributed by atoms with Crippen molar-refractivity contribution in [1.82, 2.24) is 15.5 Å². The zero-order chi connectivity index (χ0) is 14.3. The average molecular weight is 270 g/mol. The highest BCUT2D eigenvalue weighted by Gasteiger charge is 2.19. The van der Waals surface area contributed by atoms with Crippen molar-refractivity contribution in [2.24, 2.45) is 4.99 Å². The fourth-order valence-electron chi connectivity index (χ4n) is 1.61. The summed E-state index contributed by atoms with van der Waals surface area (Å²) in [6, 6.07) is 0. The molecular weight excluding hydrogens is 244 g/mol. The number of rotatable bonds is 4. The van der Waals surface area contributed by atoms with Gasteiger partial charge in [0.25, 0.3) is 0 Å².